The van der Waals surface area contributed by atoms with Crippen LogP contribution >= 0.6 is 23.2 Å². The van der Waals surface area contributed by atoms with Crippen LogP contribution in [0.1, 0.15) is 27.6 Å². The standard InChI is InChI=1S/C17H16Cl2O2/c1-10-7-13(14(18)8-11(10)2)17(19)12-3-4-15-16(9-12)21-6-5-20-15/h3-4,7-9,17H,5-6H2,1-2H3. The molecular weight excluding hydrogens is 307 g/mol. The molecule has 1 aliphatic rings. The molecule has 110 valence electrons. The molecule has 3 rings (SSSR count). The van der Waals surface area contributed by atoms with Gasteiger partial charge in [0, 0.05) is 5.02 Å². The summed E-state index contributed by atoms with van der Waals surface area (Å²) in [6.45, 7) is 5.24. The first kappa shape index (κ1) is 14.6. The Labute approximate surface area is 134 Å². The first-order chi connectivity index (χ1) is 10.1. The van der Waals surface area contributed by atoms with Crippen LogP contribution in [0.15, 0.2) is 30.3 Å². The molecule has 0 N–H and O–H groups in total. The number of halogens is 2. The van der Waals surface area contributed by atoms with Gasteiger partial charge in [0.2, 0.25) is 0 Å². The van der Waals surface area contributed by atoms with Crippen molar-refractivity contribution in [2.75, 3.05) is 13.2 Å². The molecule has 0 spiro atoms. The maximum Gasteiger partial charge on any atom is 0.161 e. The Hall–Kier alpha value is -1.38. The van der Waals surface area contributed by atoms with Gasteiger partial charge in [-0.2, -0.15) is 0 Å². The van der Waals surface area contributed by atoms with Crippen LogP contribution in [-0.4, -0.2) is 13.2 Å². The highest BCUT2D eigenvalue weighted by Gasteiger charge is 2.19. The lowest BCUT2D eigenvalue weighted by atomic mass is 9.99. The van der Waals surface area contributed by atoms with E-state index < -0.39 is 0 Å². The third kappa shape index (κ3) is 2.83. The van der Waals surface area contributed by atoms with Crippen molar-refractivity contribution in [3.8, 4) is 11.5 Å². The fourth-order valence-corrected chi connectivity index (χ4v) is 3.09. The topological polar surface area (TPSA) is 18.5 Å². The van der Waals surface area contributed by atoms with Crippen molar-refractivity contribution in [1.29, 1.82) is 0 Å². The fraction of sp³-hybridized carbons (Fsp3) is 0.294. The Morgan fingerprint density at radius 3 is 2.38 bits per heavy atom. The first-order valence-corrected chi connectivity index (χ1v) is 7.68. The number of hydrogen-bond acceptors (Lipinski definition) is 2. The van der Waals surface area contributed by atoms with E-state index in [1.54, 1.807) is 0 Å². The third-order valence-corrected chi connectivity index (χ3v) is 4.56. The quantitative estimate of drug-likeness (QED) is 0.720. The predicted octanol–water partition coefficient (Wildman–Crippen LogP) is 5.06. The highest BCUT2D eigenvalue weighted by atomic mass is 35.5. The van der Waals surface area contributed by atoms with E-state index in [1.807, 2.05) is 37.3 Å². The minimum atomic E-state index is -0.312. The lowest BCUT2D eigenvalue weighted by Crippen LogP contribution is -2.15. The van der Waals surface area contributed by atoms with Crippen molar-refractivity contribution < 1.29 is 9.47 Å². The number of ether oxygens (including phenoxy) is 2. The van der Waals surface area contributed by atoms with Crippen molar-refractivity contribution >= 4 is 23.2 Å². The number of aryl methyl sites for hydroxylation is 2. The molecule has 0 bridgehead atoms. The van der Waals surface area contributed by atoms with Crippen molar-refractivity contribution in [3.05, 3.63) is 57.6 Å². The van der Waals surface area contributed by atoms with Crippen molar-refractivity contribution in [1.82, 2.24) is 0 Å². The van der Waals surface area contributed by atoms with E-state index in [9.17, 15) is 0 Å². The number of benzene rings is 2. The minimum Gasteiger partial charge on any atom is -0.486 e. The molecule has 0 fully saturated rings. The Morgan fingerprint density at radius 2 is 1.62 bits per heavy atom. The highest BCUT2D eigenvalue weighted by molar-refractivity contribution is 6.33. The minimum absolute atomic E-state index is 0.312. The second kappa shape index (κ2) is 5.78. The zero-order valence-corrected chi connectivity index (χ0v) is 13.5. The smallest absolute Gasteiger partial charge is 0.161 e. The zero-order chi connectivity index (χ0) is 15.0. The van der Waals surface area contributed by atoms with Crippen molar-refractivity contribution in [2.24, 2.45) is 0 Å². The summed E-state index contributed by atoms with van der Waals surface area (Å²) in [5, 5.41) is 0.376. The number of hydrogen-bond donors (Lipinski definition) is 0. The van der Waals surface area contributed by atoms with Crippen LogP contribution in [0.4, 0.5) is 0 Å². The monoisotopic (exact) mass is 322 g/mol. The number of fused-ring (bicyclic) bond motifs is 1. The van der Waals surface area contributed by atoms with Crippen molar-refractivity contribution in [2.45, 2.75) is 19.2 Å². The van der Waals surface area contributed by atoms with Crippen LogP contribution in [0.25, 0.3) is 0 Å². The first-order valence-electron chi connectivity index (χ1n) is 6.86. The van der Waals surface area contributed by atoms with Crippen LogP contribution in [0.3, 0.4) is 0 Å². The Bertz CT molecular complexity index is 683. The summed E-state index contributed by atoms with van der Waals surface area (Å²) < 4.78 is 11.1. The van der Waals surface area contributed by atoms with Crippen molar-refractivity contribution in [3.63, 3.8) is 0 Å². The summed E-state index contributed by atoms with van der Waals surface area (Å²) in [6, 6.07) is 9.79. The molecule has 2 aromatic carbocycles. The maximum absolute atomic E-state index is 6.62. The highest BCUT2D eigenvalue weighted by Crippen LogP contribution is 2.39. The molecule has 2 aromatic rings. The van der Waals surface area contributed by atoms with E-state index >= 15 is 0 Å². The lowest BCUT2D eigenvalue weighted by Gasteiger charge is -2.20. The molecule has 0 aromatic heterocycles. The molecule has 1 heterocycles. The van der Waals surface area contributed by atoms with Gasteiger partial charge in [-0.3, -0.25) is 0 Å². The van der Waals surface area contributed by atoms with Gasteiger partial charge in [-0.05, 0) is 54.3 Å². The Morgan fingerprint density at radius 1 is 0.952 bits per heavy atom. The van der Waals surface area contributed by atoms with E-state index in [2.05, 4.69) is 6.92 Å². The van der Waals surface area contributed by atoms with Gasteiger partial charge in [-0.15, -0.1) is 11.6 Å². The van der Waals surface area contributed by atoms with Gasteiger partial charge in [0.05, 0.1) is 5.38 Å². The van der Waals surface area contributed by atoms with Gasteiger partial charge in [-0.1, -0.05) is 23.7 Å². The van der Waals surface area contributed by atoms with E-state index in [1.165, 1.54) is 5.56 Å². The van der Waals surface area contributed by atoms with Gasteiger partial charge in [0.25, 0.3) is 0 Å². The summed E-state index contributed by atoms with van der Waals surface area (Å²) in [5.74, 6) is 1.50. The van der Waals surface area contributed by atoms with E-state index in [0.29, 0.717) is 18.2 Å². The van der Waals surface area contributed by atoms with Crippen LogP contribution in [0.2, 0.25) is 5.02 Å². The van der Waals surface area contributed by atoms with Gasteiger partial charge >= 0.3 is 0 Å². The molecule has 4 heteroatoms. The third-order valence-electron chi connectivity index (χ3n) is 3.74. The molecule has 2 nitrogen and oxygen atoms in total. The van der Waals surface area contributed by atoms with Crippen LogP contribution in [0, 0.1) is 13.8 Å². The average Bonchev–Trinajstić information content (AvgIpc) is 2.50. The maximum atomic E-state index is 6.62. The lowest BCUT2D eigenvalue weighted by molar-refractivity contribution is 0.171. The average molecular weight is 323 g/mol. The molecule has 0 aliphatic carbocycles. The molecule has 1 aliphatic heterocycles. The molecule has 0 saturated heterocycles. The second-order valence-electron chi connectivity index (χ2n) is 5.22. The molecule has 0 radical (unpaired) electrons. The molecular formula is C17H16Cl2O2. The second-order valence-corrected chi connectivity index (χ2v) is 6.07. The van der Waals surface area contributed by atoms with E-state index in [-0.39, 0.29) is 5.38 Å². The molecule has 0 saturated carbocycles. The predicted molar refractivity (Wildman–Crippen MR) is 86.1 cm³/mol. The summed E-state index contributed by atoms with van der Waals surface area (Å²) in [4.78, 5) is 0. The normalized spacial score (nSPS) is 14.9. The molecule has 1 unspecified atom stereocenters. The van der Waals surface area contributed by atoms with E-state index in [0.717, 1.165) is 28.2 Å². The van der Waals surface area contributed by atoms with Gasteiger partial charge in [0.15, 0.2) is 11.5 Å². The fourth-order valence-electron chi connectivity index (χ4n) is 2.39. The summed E-state index contributed by atoms with van der Waals surface area (Å²) in [5.41, 5.74) is 4.21. The largest absolute Gasteiger partial charge is 0.486 e. The van der Waals surface area contributed by atoms with Gasteiger partial charge < -0.3 is 9.47 Å². The summed E-state index contributed by atoms with van der Waals surface area (Å²) >= 11 is 13.0. The number of alkyl halides is 1. The SMILES string of the molecule is Cc1cc(Cl)c(C(Cl)c2ccc3c(c2)OCCO3)cc1C. The number of rotatable bonds is 2. The van der Waals surface area contributed by atoms with Crippen LogP contribution in [-0.2, 0) is 0 Å². The molecule has 1 atom stereocenters. The summed E-state index contributed by atoms with van der Waals surface area (Å²) in [6.07, 6.45) is 0. The summed E-state index contributed by atoms with van der Waals surface area (Å²) in [7, 11) is 0. The molecule has 0 amide bonds. The van der Waals surface area contributed by atoms with Gasteiger partial charge in [-0.25, -0.2) is 0 Å². The van der Waals surface area contributed by atoms with E-state index in [4.69, 9.17) is 32.7 Å². The molecule has 21 heavy (non-hydrogen) atoms. The van der Waals surface area contributed by atoms with Crippen LogP contribution in [0.5, 0.6) is 11.5 Å². The Kier molecular flexibility index (Phi) is 4.01. The van der Waals surface area contributed by atoms with Gasteiger partial charge in [0.1, 0.15) is 13.2 Å². The Balaban J connectivity index is 1.98. The zero-order valence-electron chi connectivity index (χ0n) is 12.0. The van der Waals surface area contributed by atoms with Crippen LogP contribution < -0.4 is 9.47 Å².